The number of benzene rings is 1. The van der Waals surface area contributed by atoms with Crippen LogP contribution in [0.1, 0.15) is 15.9 Å². The van der Waals surface area contributed by atoms with E-state index in [4.69, 9.17) is 9.84 Å². The normalized spacial score (nSPS) is 10.4. The molecular weight excluding hydrogens is 284 g/mol. The SMILES string of the molecule is O=C(O)c1cnn(-c2nccc(OCc3ccccc3)n2)c1. The second-order valence-corrected chi connectivity index (χ2v) is 4.45. The third-order valence-corrected chi connectivity index (χ3v) is 2.88. The molecule has 110 valence electrons. The zero-order valence-corrected chi connectivity index (χ0v) is 11.5. The number of carboxylic acid groups (broad SMARTS) is 1. The largest absolute Gasteiger partial charge is 0.478 e. The van der Waals surface area contributed by atoms with Gasteiger partial charge in [-0.15, -0.1) is 0 Å². The van der Waals surface area contributed by atoms with Crippen LogP contribution in [-0.2, 0) is 6.61 Å². The molecule has 1 aromatic carbocycles. The average molecular weight is 296 g/mol. The Bertz CT molecular complexity index is 786. The van der Waals surface area contributed by atoms with Crippen LogP contribution in [0.4, 0.5) is 0 Å². The predicted molar refractivity (Wildman–Crippen MR) is 76.9 cm³/mol. The van der Waals surface area contributed by atoms with Crippen LogP contribution in [0.5, 0.6) is 5.88 Å². The summed E-state index contributed by atoms with van der Waals surface area (Å²) in [4.78, 5) is 19.1. The molecule has 3 aromatic rings. The Morgan fingerprint density at radius 2 is 2.05 bits per heavy atom. The highest BCUT2D eigenvalue weighted by atomic mass is 16.5. The Balaban J connectivity index is 1.75. The lowest BCUT2D eigenvalue weighted by molar-refractivity contribution is 0.0697. The summed E-state index contributed by atoms with van der Waals surface area (Å²) < 4.78 is 6.89. The predicted octanol–water partition coefficient (Wildman–Crippen LogP) is 1.94. The zero-order valence-electron chi connectivity index (χ0n) is 11.5. The molecule has 2 aromatic heterocycles. The van der Waals surface area contributed by atoms with Crippen molar-refractivity contribution in [2.24, 2.45) is 0 Å². The maximum absolute atomic E-state index is 10.9. The maximum Gasteiger partial charge on any atom is 0.338 e. The molecule has 0 aliphatic heterocycles. The summed E-state index contributed by atoms with van der Waals surface area (Å²) in [6.07, 6.45) is 4.12. The Morgan fingerprint density at radius 3 is 2.77 bits per heavy atom. The summed E-state index contributed by atoms with van der Waals surface area (Å²) >= 11 is 0. The summed E-state index contributed by atoms with van der Waals surface area (Å²) in [5.74, 6) is -0.415. The summed E-state index contributed by atoms with van der Waals surface area (Å²) in [6, 6.07) is 11.3. The molecule has 0 saturated carbocycles. The zero-order chi connectivity index (χ0) is 15.4. The fraction of sp³-hybridized carbons (Fsp3) is 0.0667. The van der Waals surface area contributed by atoms with Crippen LogP contribution in [0.3, 0.4) is 0 Å². The Kier molecular flexibility index (Phi) is 3.78. The van der Waals surface area contributed by atoms with Crippen molar-refractivity contribution >= 4 is 5.97 Å². The number of aromatic nitrogens is 4. The molecule has 3 rings (SSSR count). The monoisotopic (exact) mass is 296 g/mol. The number of carbonyl (C=O) groups is 1. The fourth-order valence-corrected chi connectivity index (χ4v) is 1.80. The van der Waals surface area contributed by atoms with Crippen LogP contribution in [0.15, 0.2) is 55.0 Å². The molecular formula is C15H12N4O3. The van der Waals surface area contributed by atoms with Gasteiger partial charge in [0.1, 0.15) is 6.61 Å². The molecule has 0 saturated heterocycles. The number of nitrogens with zero attached hydrogens (tertiary/aromatic N) is 4. The lowest BCUT2D eigenvalue weighted by Gasteiger charge is -2.06. The van der Waals surface area contributed by atoms with Gasteiger partial charge >= 0.3 is 5.97 Å². The number of ether oxygens (including phenoxy) is 1. The standard InChI is InChI=1S/C15H12N4O3/c20-14(21)12-8-17-19(9-12)15-16-7-6-13(18-15)22-10-11-4-2-1-3-5-11/h1-9H,10H2,(H,20,21). The van der Waals surface area contributed by atoms with E-state index in [0.717, 1.165) is 5.56 Å². The summed E-state index contributed by atoms with van der Waals surface area (Å²) in [5, 5.41) is 12.8. The molecule has 7 heteroatoms. The minimum absolute atomic E-state index is 0.0687. The number of carboxylic acids is 1. The highest BCUT2D eigenvalue weighted by Crippen LogP contribution is 2.11. The molecule has 0 spiro atoms. The molecule has 0 atom stereocenters. The van der Waals surface area contributed by atoms with E-state index >= 15 is 0 Å². The first-order valence-electron chi connectivity index (χ1n) is 6.50. The van der Waals surface area contributed by atoms with E-state index in [1.807, 2.05) is 30.3 Å². The molecule has 0 radical (unpaired) electrons. The first-order chi connectivity index (χ1) is 10.7. The van der Waals surface area contributed by atoms with Gasteiger partial charge < -0.3 is 9.84 Å². The summed E-state index contributed by atoms with van der Waals surface area (Å²) in [7, 11) is 0. The van der Waals surface area contributed by atoms with Crippen LogP contribution in [0, 0.1) is 0 Å². The summed E-state index contributed by atoms with van der Waals surface area (Å²) in [5.41, 5.74) is 1.09. The van der Waals surface area contributed by atoms with E-state index in [-0.39, 0.29) is 11.5 Å². The fourth-order valence-electron chi connectivity index (χ4n) is 1.80. The van der Waals surface area contributed by atoms with Crippen LogP contribution in [0.25, 0.3) is 5.95 Å². The highest BCUT2D eigenvalue weighted by molar-refractivity contribution is 5.86. The minimum Gasteiger partial charge on any atom is -0.478 e. The molecule has 22 heavy (non-hydrogen) atoms. The molecule has 0 unspecified atom stereocenters. The Hall–Kier alpha value is -3.22. The lowest BCUT2D eigenvalue weighted by atomic mass is 10.2. The maximum atomic E-state index is 10.9. The van der Waals surface area contributed by atoms with Crippen LogP contribution < -0.4 is 4.74 Å². The highest BCUT2D eigenvalue weighted by Gasteiger charge is 2.09. The first-order valence-corrected chi connectivity index (χ1v) is 6.50. The van der Waals surface area contributed by atoms with Gasteiger partial charge in [-0.3, -0.25) is 0 Å². The van der Waals surface area contributed by atoms with Crippen LogP contribution in [0.2, 0.25) is 0 Å². The second-order valence-electron chi connectivity index (χ2n) is 4.45. The molecule has 1 N–H and O–H groups in total. The first kappa shape index (κ1) is 13.7. The van der Waals surface area contributed by atoms with Crippen molar-refractivity contribution in [1.29, 1.82) is 0 Å². The van der Waals surface area contributed by atoms with Crippen molar-refractivity contribution in [1.82, 2.24) is 19.7 Å². The molecule has 0 aliphatic rings. The van der Waals surface area contributed by atoms with E-state index in [2.05, 4.69) is 15.1 Å². The van der Waals surface area contributed by atoms with E-state index < -0.39 is 5.97 Å². The quantitative estimate of drug-likeness (QED) is 0.773. The average Bonchev–Trinajstić information content (AvgIpc) is 3.05. The van der Waals surface area contributed by atoms with Crippen molar-refractivity contribution < 1.29 is 14.6 Å². The smallest absolute Gasteiger partial charge is 0.338 e. The van der Waals surface area contributed by atoms with Gasteiger partial charge in [0, 0.05) is 18.5 Å². The molecule has 7 nitrogen and oxygen atoms in total. The third kappa shape index (κ3) is 3.09. The third-order valence-electron chi connectivity index (χ3n) is 2.88. The van der Waals surface area contributed by atoms with Gasteiger partial charge in [0.2, 0.25) is 5.88 Å². The van der Waals surface area contributed by atoms with Crippen LogP contribution in [-0.4, -0.2) is 30.8 Å². The molecule has 0 fully saturated rings. The van der Waals surface area contributed by atoms with E-state index in [9.17, 15) is 4.79 Å². The molecule has 0 amide bonds. The van der Waals surface area contributed by atoms with Crippen molar-refractivity contribution in [2.45, 2.75) is 6.61 Å². The number of hydrogen-bond acceptors (Lipinski definition) is 5. The van der Waals surface area contributed by atoms with Gasteiger partial charge in [-0.05, 0) is 5.56 Å². The summed E-state index contributed by atoms with van der Waals surface area (Å²) in [6.45, 7) is 0.386. The van der Waals surface area contributed by atoms with Gasteiger partial charge in [0.15, 0.2) is 0 Å². The van der Waals surface area contributed by atoms with Gasteiger partial charge in [-0.1, -0.05) is 30.3 Å². The number of rotatable bonds is 5. The van der Waals surface area contributed by atoms with E-state index in [1.165, 1.54) is 23.3 Å². The second kappa shape index (κ2) is 6.04. The number of aromatic carboxylic acids is 1. The van der Waals surface area contributed by atoms with Crippen molar-refractivity contribution in [3.8, 4) is 11.8 Å². The van der Waals surface area contributed by atoms with Gasteiger partial charge in [-0.25, -0.2) is 14.5 Å². The van der Waals surface area contributed by atoms with Gasteiger partial charge in [0.25, 0.3) is 5.95 Å². The lowest BCUT2D eigenvalue weighted by Crippen LogP contribution is -2.04. The van der Waals surface area contributed by atoms with Crippen molar-refractivity contribution in [3.05, 3.63) is 66.1 Å². The molecule has 0 aliphatic carbocycles. The van der Waals surface area contributed by atoms with Crippen molar-refractivity contribution in [2.75, 3.05) is 0 Å². The van der Waals surface area contributed by atoms with Crippen molar-refractivity contribution in [3.63, 3.8) is 0 Å². The minimum atomic E-state index is -1.05. The Labute approximate surface area is 125 Å². The van der Waals surface area contributed by atoms with Crippen LogP contribution >= 0.6 is 0 Å². The molecule has 0 bridgehead atoms. The van der Waals surface area contributed by atoms with E-state index in [0.29, 0.717) is 12.5 Å². The number of hydrogen-bond donors (Lipinski definition) is 1. The molecule has 2 heterocycles. The van der Waals surface area contributed by atoms with Gasteiger partial charge in [-0.2, -0.15) is 10.1 Å². The topological polar surface area (TPSA) is 90.1 Å². The van der Waals surface area contributed by atoms with Gasteiger partial charge in [0.05, 0.1) is 11.8 Å². The van der Waals surface area contributed by atoms with E-state index in [1.54, 1.807) is 6.07 Å². The Morgan fingerprint density at radius 1 is 1.23 bits per heavy atom.